The van der Waals surface area contributed by atoms with Gasteiger partial charge >= 0.3 is 5.95 Å². The number of rotatable bonds is 5. The van der Waals surface area contributed by atoms with Crippen molar-refractivity contribution >= 4 is 17.5 Å². The molecule has 5 heteroatoms. The van der Waals surface area contributed by atoms with Crippen molar-refractivity contribution in [1.82, 2.24) is 4.57 Å². The van der Waals surface area contributed by atoms with E-state index in [1.54, 1.807) is 7.11 Å². The van der Waals surface area contributed by atoms with Crippen molar-refractivity contribution in [2.75, 3.05) is 19.0 Å². The third-order valence-electron chi connectivity index (χ3n) is 6.16. The Labute approximate surface area is 194 Å². The highest BCUT2D eigenvalue weighted by atomic mass is 35.5. The summed E-state index contributed by atoms with van der Waals surface area (Å²) in [6.45, 7) is 4.15. The number of fused-ring (bicyclic) bond motifs is 1. The number of hydrogen-bond acceptors (Lipinski definition) is 2. The van der Waals surface area contributed by atoms with Gasteiger partial charge in [0.25, 0.3) is 0 Å². The molecule has 3 aromatic carbocycles. The fourth-order valence-electron chi connectivity index (χ4n) is 4.54. The monoisotopic (exact) mass is 444 g/mol. The molecule has 0 amide bonds. The zero-order valence-electron chi connectivity index (χ0n) is 18.4. The van der Waals surface area contributed by atoms with Crippen molar-refractivity contribution in [2.24, 2.45) is 0 Å². The van der Waals surface area contributed by atoms with Gasteiger partial charge in [0.15, 0.2) is 0 Å². The molecule has 4 aromatic rings. The summed E-state index contributed by atoms with van der Waals surface area (Å²) in [5.74, 6) is 2.00. The Morgan fingerprint density at radius 3 is 2.62 bits per heavy atom. The minimum Gasteiger partial charge on any atom is -0.496 e. The Balaban J connectivity index is 1.59. The van der Waals surface area contributed by atoms with Crippen LogP contribution in [0.2, 0.25) is 5.02 Å². The molecule has 1 N–H and O–H groups in total. The highest BCUT2D eigenvalue weighted by Gasteiger charge is 2.28. The molecule has 1 aliphatic rings. The van der Waals surface area contributed by atoms with Crippen molar-refractivity contribution in [3.8, 4) is 33.8 Å². The normalized spacial score (nSPS) is 12.8. The number of ether oxygens (including phenoxy) is 1. The van der Waals surface area contributed by atoms with Crippen molar-refractivity contribution in [2.45, 2.75) is 26.3 Å². The van der Waals surface area contributed by atoms with Crippen LogP contribution in [-0.2, 0) is 13.0 Å². The molecule has 2 heterocycles. The van der Waals surface area contributed by atoms with E-state index in [2.05, 4.69) is 70.0 Å². The molecule has 1 aliphatic heterocycles. The third-order valence-corrected chi connectivity index (χ3v) is 6.39. The SMILES string of the molecule is CCc1cc(Cl)ccc1-c1cn(-c2ccc(-c3ccccc3OC)cc2)c2[n+]1CCCN2. The van der Waals surface area contributed by atoms with Gasteiger partial charge in [0, 0.05) is 22.6 Å². The number of nitrogens with zero attached hydrogens (tertiary/aromatic N) is 2. The number of nitrogens with one attached hydrogen (secondary N) is 1. The van der Waals surface area contributed by atoms with Gasteiger partial charge in [-0.25, -0.2) is 9.13 Å². The van der Waals surface area contributed by atoms with Gasteiger partial charge in [-0.05, 0) is 53.9 Å². The Morgan fingerprint density at radius 1 is 1.03 bits per heavy atom. The molecule has 0 atom stereocenters. The first-order valence-electron chi connectivity index (χ1n) is 11.1. The Hall–Kier alpha value is -3.24. The summed E-state index contributed by atoms with van der Waals surface area (Å²) in [5, 5.41) is 4.40. The van der Waals surface area contributed by atoms with Crippen LogP contribution < -0.4 is 14.6 Å². The quantitative estimate of drug-likeness (QED) is 0.375. The van der Waals surface area contributed by atoms with Crippen LogP contribution in [0.3, 0.4) is 0 Å². The van der Waals surface area contributed by atoms with E-state index in [0.717, 1.165) is 59.5 Å². The molecule has 0 unspecified atom stereocenters. The zero-order chi connectivity index (χ0) is 22.1. The van der Waals surface area contributed by atoms with Gasteiger partial charge in [-0.15, -0.1) is 0 Å². The molecule has 0 radical (unpaired) electrons. The van der Waals surface area contributed by atoms with Gasteiger partial charge in [0.2, 0.25) is 0 Å². The predicted molar refractivity (Wildman–Crippen MR) is 131 cm³/mol. The van der Waals surface area contributed by atoms with Gasteiger partial charge in [-0.1, -0.05) is 48.9 Å². The van der Waals surface area contributed by atoms with Crippen LogP contribution in [0.4, 0.5) is 5.95 Å². The van der Waals surface area contributed by atoms with Crippen LogP contribution in [0.1, 0.15) is 18.9 Å². The lowest BCUT2D eigenvalue weighted by atomic mass is 10.0. The van der Waals surface area contributed by atoms with E-state index >= 15 is 0 Å². The molecular formula is C27H27ClN3O+. The predicted octanol–water partition coefficient (Wildman–Crippen LogP) is 6.14. The van der Waals surface area contributed by atoms with E-state index in [4.69, 9.17) is 16.3 Å². The molecule has 4 nitrogen and oxygen atoms in total. The first-order valence-corrected chi connectivity index (χ1v) is 11.5. The number of para-hydroxylation sites is 1. The Bertz CT molecular complexity index is 1260. The van der Waals surface area contributed by atoms with Crippen LogP contribution in [0.25, 0.3) is 28.1 Å². The van der Waals surface area contributed by atoms with Crippen LogP contribution in [0, 0.1) is 0 Å². The maximum atomic E-state index is 6.28. The van der Waals surface area contributed by atoms with Crippen LogP contribution >= 0.6 is 11.6 Å². The average molecular weight is 445 g/mol. The molecule has 0 fully saturated rings. The lowest BCUT2D eigenvalue weighted by Crippen LogP contribution is -2.43. The largest absolute Gasteiger partial charge is 0.496 e. The van der Waals surface area contributed by atoms with Crippen molar-refractivity contribution in [3.05, 3.63) is 83.5 Å². The molecule has 1 aromatic heterocycles. The summed E-state index contributed by atoms with van der Waals surface area (Å²) in [6, 6.07) is 23.0. The summed E-state index contributed by atoms with van der Waals surface area (Å²) in [5.41, 5.74) is 7.08. The highest BCUT2D eigenvalue weighted by molar-refractivity contribution is 6.30. The lowest BCUT2D eigenvalue weighted by molar-refractivity contribution is -0.675. The molecule has 0 saturated carbocycles. The topological polar surface area (TPSA) is 30.1 Å². The van der Waals surface area contributed by atoms with E-state index in [1.807, 2.05) is 24.3 Å². The lowest BCUT2D eigenvalue weighted by Gasteiger charge is -2.14. The second kappa shape index (κ2) is 8.71. The van der Waals surface area contributed by atoms with E-state index in [1.165, 1.54) is 16.8 Å². The number of methoxy groups -OCH3 is 1. The third kappa shape index (κ3) is 3.65. The van der Waals surface area contributed by atoms with Gasteiger partial charge < -0.3 is 4.74 Å². The van der Waals surface area contributed by atoms with E-state index in [0.29, 0.717) is 0 Å². The van der Waals surface area contributed by atoms with E-state index < -0.39 is 0 Å². The van der Waals surface area contributed by atoms with E-state index in [9.17, 15) is 0 Å². The van der Waals surface area contributed by atoms with Gasteiger partial charge in [-0.2, -0.15) is 0 Å². The number of benzene rings is 3. The molecule has 0 saturated heterocycles. The summed E-state index contributed by atoms with van der Waals surface area (Å²) < 4.78 is 10.2. The Morgan fingerprint density at radius 2 is 1.84 bits per heavy atom. The molecular weight excluding hydrogens is 418 g/mol. The number of anilines is 1. The first-order chi connectivity index (χ1) is 15.7. The first kappa shape index (κ1) is 20.7. The average Bonchev–Trinajstić information content (AvgIpc) is 3.23. The zero-order valence-corrected chi connectivity index (χ0v) is 19.2. The van der Waals surface area contributed by atoms with E-state index in [-0.39, 0.29) is 0 Å². The van der Waals surface area contributed by atoms with Crippen molar-refractivity contribution in [1.29, 1.82) is 0 Å². The maximum Gasteiger partial charge on any atom is 0.362 e. The minimum absolute atomic E-state index is 0.786. The molecule has 162 valence electrons. The fourth-order valence-corrected chi connectivity index (χ4v) is 4.74. The molecule has 32 heavy (non-hydrogen) atoms. The van der Waals surface area contributed by atoms with Crippen LogP contribution in [0.5, 0.6) is 5.75 Å². The highest BCUT2D eigenvalue weighted by Crippen LogP contribution is 2.32. The second-order valence-electron chi connectivity index (χ2n) is 8.04. The van der Waals surface area contributed by atoms with Crippen molar-refractivity contribution in [3.63, 3.8) is 0 Å². The molecule has 0 bridgehead atoms. The number of hydrogen-bond donors (Lipinski definition) is 1. The molecule has 5 rings (SSSR count). The molecule has 0 spiro atoms. The fraction of sp³-hybridized carbons (Fsp3) is 0.222. The van der Waals surface area contributed by atoms with Crippen molar-refractivity contribution < 1.29 is 9.30 Å². The van der Waals surface area contributed by atoms with Gasteiger partial charge in [0.1, 0.15) is 23.3 Å². The standard InChI is InChI=1S/C27H26ClN3O/c1-3-19-17-21(28)11-14-23(19)25-18-31(27-29-15-6-16-30(25)27)22-12-9-20(10-13-22)24-7-4-5-8-26(24)32-2/h4-5,7-14,17-18H,3,6,15-16H2,1-2H3/p+1. The summed E-state index contributed by atoms with van der Waals surface area (Å²) in [4.78, 5) is 0. The minimum atomic E-state index is 0.786. The number of aromatic nitrogens is 2. The van der Waals surface area contributed by atoms with Gasteiger partial charge in [-0.3, -0.25) is 5.32 Å². The summed E-state index contributed by atoms with van der Waals surface area (Å²) in [6.07, 6.45) is 4.29. The summed E-state index contributed by atoms with van der Waals surface area (Å²) >= 11 is 6.28. The number of imidazole rings is 1. The Kier molecular flexibility index (Phi) is 5.62. The second-order valence-corrected chi connectivity index (χ2v) is 8.48. The van der Waals surface area contributed by atoms with Crippen LogP contribution in [0.15, 0.2) is 72.9 Å². The summed E-state index contributed by atoms with van der Waals surface area (Å²) in [7, 11) is 1.71. The molecule has 0 aliphatic carbocycles. The van der Waals surface area contributed by atoms with Crippen LogP contribution in [-0.4, -0.2) is 18.2 Å². The van der Waals surface area contributed by atoms with Gasteiger partial charge in [0.05, 0.1) is 20.2 Å². The smallest absolute Gasteiger partial charge is 0.362 e. The maximum absolute atomic E-state index is 6.28. The number of aryl methyl sites for hydroxylation is 1. The number of halogens is 1.